The first kappa shape index (κ1) is 21.2. The number of rotatable bonds is 6. The number of amides is 1. The predicted octanol–water partition coefficient (Wildman–Crippen LogP) is 1.98. The van der Waals surface area contributed by atoms with Crippen molar-refractivity contribution < 1.29 is 17.9 Å². The topological polar surface area (TPSA) is 129 Å². The first-order valence-electron chi connectivity index (χ1n) is 8.80. The van der Waals surface area contributed by atoms with Crippen LogP contribution in [0.2, 0.25) is 0 Å². The van der Waals surface area contributed by atoms with Crippen molar-refractivity contribution >= 4 is 50.3 Å². The SMILES string of the molecule is NS(=O)(=O)c1ccc(-n2cc(COc3ccc(/C=C4/SC(=S)NC4=O)cc3)nn2)cc1. The summed E-state index contributed by atoms with van der Waals surface area (Å²) >= 11 is 6.20. The third-order valence-electron chi connectivity index (χ3n) is 4.18. The highest BCUT2D eigenvalue weighted by atomic mass is 32.2. The average molecular weight is 474 g/mol. The first-order chi connectivity index (χ1) is 14.8. The van der Waals surface area contributed by atoms with E-state index in [1.807, 2.05) is 12.1 Å². The molecule has 0 spiro atoms. The summed E-state index contributed by atoms with van der Waals surface area (Å²) in [5, 5.41) is 15.8. The van der Waals surface area contributed by atoms with Gasteiger partial charge in [-0.25, -0.2) is 18.2 Å². The number of nitrogens with zero attached hydrogens (tertiary/aromatic N) is 3. The highest BCUT2D eigenvalue weighted by Crippen LogP contribution is 2.26. The van der Waals surface area contributed by atoms with E-state index in [1.165, 1.54) is 28.6 Å². The molecule has 1 aliphatic rings. The summed E-state index contributed by atoms with van der Waals surface area (Å²) in [6.07, 6.45) is 3.44. The van der Waals surface area contributed by atoms with E-state index in [0.717, 1.165) is 5.56 Å². The van der Waals surface area contributed by atoms with Gasteiger partial charge in [0.2, 0.25) is 10.0 Å². The van der Waals surface area contributed by atoms with Crippen LogP contribution < -0.4 is 15.2 Å². The van der Waals surface area contributed by atoms with Gasteiger partial charge in [0.1, 0.15) is 22.4 Å². The molecule has 0 saturated carbocycles. The number of aromatic nitrogens is 3. The lowest BCUT2D eigenvalue weighted by molar-refractivity contribution is -0.115. The van der Waals surface area contributed by atoms with Crippen LogP contribution in [0.3, 0.4) is 0 Å². The van der Waals surface area contributed by atoms with Crippen molar-refractivity contribution in [2.75, 3.05) is 0 Å². The smallest absolute Gasteiger partial charge is 0.263 e. The van der Waals surface area contributed by atoms with Gasteiger partial charge in [-0.15, -0.1) is 5.10 Å². The van der Waals surface area contributed by atoms with E-state index >= 15 is 0 Å². The van der Waals surface area contributed by atoms with Gasteiger partial charge in [0, 0.05) is 0 Å². The minimum absolute atomic E-state index is 0.0221. The Hall–Kier alpha value is -3.06. The van der Waals surface area contributed by atoms with Crippen LogP contribution in [0.1, 0.15) is 11.3 Å². The lowest BCUT2D eigenvalue weighted by Gasteiger charge is -2.04. The summed E-state index contributed by atoms with van der Waals surface area (Å²) in [6.45, 7) is 0.197. The molecule has 2 aromatic carbocycles. The maximum absolute atomic E-state index is 11.7. The third kappa shape index (κ3) is 5.17. The van der Waals surface area contributed by atoms with Gasteiger partial charge in [0.15, 0.2) is 0 Å². The Morgan fingerprint density at radius 1 is 1.16 bits per heavy atom. The number of carbonyl (C=O) groups is 1. The molecule has 0 aliphatic carbocycles. The minimum Gasteiger partial charge on any atom is -0.487 e. The fourth-order valence-electron chi connectivity index (χ4n) is 2.67. The van der Waals surface area contributed by atoms with Gasteiger partial charge >= 0.3 is 0 Å². The zero-order chi connectivity index (χ0) is 22.0. The van der Waals surface area contributed by atoms with Crippen molar-refractivity contribution in [2.24, 2.45) is 5.14 Å². The van der Waals surface area contributed by atoms with E-state index in [-0.39, 0.29) is 17.4 Å². The molecule has 0 unspecified atom stereocenters. The van der Waals surface area contributed by atoms with Crippen molar-refractivity contribution in [3.8, 4) is 11.4 Å². The molecule has 0 atom stereocenters. The van der Waals surface area contributed by atoms with E-state index in [4.69, 9.17) is 22.1 Å². The van der Waals surface area contributed by atoms with E-state index in [1.54, 1.807) is 36.5 Å². The van der Waals surface area contributed by atoms with Crippen LogP contribution in [0.15, 0.2) is 64.5 Å². The molecule has 158 valence electrons. The van der Waals surface area contributed by atoms with Gasteiger partial charge in [-0.3, -0.25) is 4.79 Å². The molecule has 0 radical (unpaired) electrons. The molecule has 12 heteroatoms. The van der Waals surface area contributed by atoms with E-state index in [2.05, 4.69) is 15.6 Å². The summed E-state index contributed by atoms with van der Waals surface area (Å²) in [6, 6.07) is 13.2. The number of ether oxygens (including phenoxy) is 1. The Morgan fingerprint density at radius 2 is 1.87 bits per heavy atom. The highest BCUT2D eigenvalue weighted by molar-refractivity contribution is 8.26. The molecule has 3 aromatic rings. The first-order valence-corrected chi connectivity index (χ1v) is 11.6. The molecule has 4 rings (SSSR count). The minimum atomic E-state index is -3.75. The molecular formula is C19H15N5O4S3. The van der Waals surface area contributed by atoms with Crippen molar-refractivity contribution in [3.63, 3.8) is 0 Å². The number of benzene rings is 2. The molecule has 2 heterocycles. The van der Waals surface area contributed by atoms with Crippen molar-refractivity contribution in [1.82, 2.24) is 20.3 Å². The Morgan fingerprint density at radius 3 is 2.48 bits per heavy atom. The zero-order valence-electron chi connectivity index (χ0n) is 15.8. The number of hydrogen-bond donors (Lipinski definition) is 2. The number of primary sulfonamides is 1. The molecule has 31 heavy (non-hydrogen) atoms. The van der Waals surface area contributed by atoms with Gasteiger partial charge in [0.25, 0.3) is 5.91 Å². The standard InChI is InChI=1S/C19H15N5O4S3/c20-31(26,27)16-7-3-14(4-8-16)24-10-13(22-23-24)11-28-15-5-1-12(2-6-15)9-17-18(25)21-19(29)30-17/h1-10H,11H2,(H2,20,26,27)(H,21,25,29)/b17-9+. The fraction of sp³-hybridized carbons (Fsp3) is 0.0526. The van der Waals surface area contributed by atoms with Gasteiger partial charge in [-0.2, -0.15) is 0 Å². The van der Waals surface area contributed by atoms with Crippen LogP contribution in [0.5, 0.6) is 5.75 Å². The van der Waals surface area contributed by atoms with Crippen molar-refractivity contribution in [1.29, 1.82) is 0 Å². The number of hydrogen-bond acceptors (Lipinski definition) is 8. The van der Waals surface area contributed by atoms with Gasteiger partial charge in [-0.1, -0.05) is 41.3 Å². The summed E-state index contributed by atoms with van der Waals surface area (Å²) in [5.74, 6) is 0.436. The molecule has 1 aliphatic heterocycles. The number of sulfonamides is 1. The quantitative estimate of drug-likeness (QED) is 0.411. The molecule has 0 bridgehead atoms. The van der Waals surface area contributed by atoms with Crippen molar-refractivity contribution in [3.05, 3.63) is 70.9 Å². The Bertz CT molecular complexity index is 1280. The average Bonchev–Trinajstić information content (AvgIpc) is 3.33. The number of thiocarbonyl (C=S) groups is 1. The van der Waals surface area contributed by atoms with Crippen LogP contribution in [0.25, 0.3) is 11.8 Å². The Labute approximate surface area is 187 Å². The molecule has 9 nitrogen and oxygen atoms in total. The monoisotopic (exact) mass is 473 g/mol. The maximum Gasteiger partial charge on any atom is 0.263 e. The van der Waals surface area contributed by atoms with Crippen LogP contribution in [-0.4, -0.2) is 33.6 Å². The van der Waals surface area contributed by atoms with E-state index < -0.39 is 10.0 Å². The van der Waals surface area contributed by atoms with Gasteiger partial charge in [-0.05, 0) is 48.0 Å². The van der Waals surface area contributed by atoms with Crippen LogP contribution >= 0.6 is 24.0 Å². The Balaban J connectivity index is 1.38. The second-order valence-electron chi connectivity index (χ2n) is 6.40. The summed E-state index contributed by atoms with van der Waals surface area (Å²) in [4.78, 5) is 12.3. The lowest BCUT2D eigenvalue weighted by atomic mass is 10.2. The number of thioether (sulfide) groups is 1. The van der Waals surface area contributed by atoms with Crippen LogP contribution in [0.4, 0.5) is 0 Å². The fourth-order valence-corrected chi connectivity index (χ4v) is 4.23. The lowest BCUT2D eigenvalue weighted by Crippen LogP contribution is -2.17. The largest absolute Gasteiger partial charge is 0.487 e. The Kier molecular flexibility index (Phi) is 5.87. The summed E-state index contributed by atoms with van der Waals surface area (Å²) < 4.78 is 30.4. The summed E-state index contributed by atoms with van der Waals surface area (Å²) in [7, 11) is -3.75. The van der Waals surface area contributed by atoms with Gasteiger partial charge < -0.3 is 10.1 Å². The van der Waals surface area contributed by atoms with Crippen molar-refractivity contribution in [2.45, 2.75) is 11.5 Å². The summed E-state index contributed by atoms with van der Waals surface area (Å²) in [5.41, 5.74) is 2.08. The number of nitrogens with two attached hydrogens (primary N) is 1. The van der Waals surface area contributed by atoms with Crippen LogP contribution in [-0.2, 0) is 21.4 Å². The van der Waals surface area contributed by atoms with Gasteiger partial charge in [0.05, 0.1) is 21.7 Å². The second kappa shape index (κ2) is 8.59. The molecule has 1 aromatic heterocycles. The highest BCUT2D eigenvalue weighted by Gasteiger charge is 2.21. The van der Waals surface area contributed by atoms with Crippen LogP contribution in [0, 0.1) is 0 Å². The molecule has 3 N–H and O–H groups in total. The molecule has 1 saturated heterocycles. The number of carbonyl (C=O) groups excluding carboxylic acids is 1. The second-order valence-corrected chi connectivity index (χ2v) is 9.68. The molecular weight excluding hydrogens is 458 g/mol. The maximum atomic E-state index is 11.7. The predicted molar refractivity (Wildman–Crippen MR) is 120 cm³/mol. The number of nitrogens with one attached hydrogen (secondary N) is 1. The normalized spacial score (nSPS) is 15.3. The van der Waals surface area contributed by atoms with E-state index in [9.17, 15) is 13.2 Å². The third-order valence-corrected chi connectivity index (χ3v) is 6.27. The molecule has 1 amide bonds. The zero-order valence-corrected chi connectivity index (χ0v) is 18.2. The van der Waals surface area contributed by atoms with E-state index in [0.29, 0.717) is 26.4 Å². The molecule has 1 fully saturated rings.